The van der Waals surface area contributed by atoms with Crippen LogP contribution in [0.2, 0.25) is 0 Å². The highest BCUT2D eigenvalue weighted by Gasteiger charge is 2.19. The van der Waals surface area contributed by atoms with E-state index < -0.39 is 10.0 Å². The first-order valence-corrected chi connectivity index (χ1v) is 8.01. The average molecular weight is 291 g/mol. The van der Waals surface area contributed by atoms with E-state index >= 15 is 0 Å². The topological polar surface area (TPSA) is 63.1 Å². The van der Waals surface area contributed by atoms with Crippen LogP contribution in [0, 0.1) is 0 Å². The number of nitrogens with one attached hydrogen (secondary N) is 2. The lowest BCUT2D eigenvalue weighted by atomic mass is 9.99. The number of fused-ring (bicyclic) bond motifs is 1. The van der Waals surface area contributed by atoms with Crippen molar-refractivity contribution in [2.75, 3.05) is 11.3 Å². The summed E-state index contributed by atoms with van der Waals surface area (Å²) in [5.41, 5.74) is 2.93. The molecule has 1 aromatic heterocycles. The molecule has 1 aliphatic heterocycles. The van der Waals surface area contributed by atoms with Crippen LogP contribution in [0.15, 0.2) is 41.6 Å². The highest BCUT2D eigenvalue weighted by atomic mass is 32.2. The summed E-state index contributed by atoms with van der Waals surface area (Å²) in [5.74, 6) is 0. The zero-order valence-corrected chi connectivity index (χ0v) is 12.1. The largest absolute Gasteiger partial charge is 0.356 e. The van der Waals surface area contributed by atoms with E-state index in [2.05, 4.69) is 10.0 Å². The lowest BCUT2D eigenvalue weighted by Crippen LogP contribution is -2.25. The maximum absolute atomic E-state index is 12.4. The van der Waals surface area contributed by atoms with Gasteiger partial charge in [-0.25, -0.2) is 8.42 Å². The van der Waals surface area contributed by atoms with Crippen LogP contribution in [0.25, 0.3) is 0 Å². The van der Waals surface area contributed by atoms with Gasteiger partial charge in [0.2, 0.25) is 0 Å². The van der Waals surface area contributed by atoms with Gasteiger partial charge >= 0.3 is 0 Å². The lowest BCUT2D eigenvalue weighted by Gasteiger charge is -2.20. The first-order valence-electron chi connectivity index (χ1n) is 6.52. The molecule has 5 nitrogen and oxygen atoms in total. The Morgan fingerprint density at radius 1 is 1.30 bits per heavy atom. The van der Waals surface area contributed by atoms with Gasteiger partial charge in [0.1, 0.15) is 4.90 Å². The Morgan fingerprint density at radius 3 is 2.90 bits per heavy atom. The molecule has 6 heteroatoms. The Balaban J connectivity index is 1.95. The van der Waals surface area contributed by atoms with Crippen LogP contribution in [0.5, 0.6) is 0 Å². The summed E-state index contributed by atoms with van der Waals surface area (Å²) in [6.07, 6.45) is 4.15. The number of sulfonamides is 1. The molecule has 0 radical (unpaired) electrons. The fraction of sp³-hybridized carbons (Fsp3) is 0.286. The minimum absolute atomic E-state index is 0.284. The van der Waals surface area contributed by atoms with E-state index in [0.29, 0.717) is 5.69 Å². The number of anilines is 1. The number of benzene rings is 1. The summed E-state index contributed by atoms with van der Waals surface area (Å²) in [7, 11) is -1.72. The Kier molecular flexibility index (Phi) is 3.27. The van der Waals surface area contributed by atoms with Crippen molar-refractivity contribution in [1.29, 1.82) is 0 Å². The number of aromatic nitrogens is 1. The maximum atomic E-state index is 12.4. The van der Waals surface area contributed by atoms with Gasteiger partial charge in [-0.1, -0.05) is 12.1 Å². The maximum Gasteiger partial charge on any atom is 0.263 e. The number of hydrogen-bond donors (Lipinski definition) is 2. The first kappa shape index (κ1) is 13.2. The highest BCUT2D eigenvalue weighted by molar-refractivity contribution is 7.92. The van der Waals surface area contributed by atoms with Gasteiger partial charge in [0.25, 0.3) is 10.0 Å². The van der Waals surface area contributed by atoms with Gasteiger partial charge in [-0.15, -0.1) is 0 Å². The molecule has 0 spiro atoms. The Bertz CT molecular complexity index is 735. The average Bonchev–Trinajstić information content (AvgIpc) is 2.86. The molecule has 2 aromatic rings. The van der Waals surface area contributed by atoms with Crippen molar-refractivity contribution in [3.8, 4) is 0 Å². The second kappa shape index (κ2) is 4.96. The van der Waals surface area contributed by atoms with Crippen molar-refractivity contribution in [3.05, 3.63) is 47.8 Å². The molecule has 20 heavy (non-hydrogen) atoms. The van der Waals surface area contributed by atoms with Crippen molar-refractivity contribution in [2.45, 2.75) is 17.9 Å². The molecular weight excluding hydrogens is 274 g/mol. The molecule has 0 atom stereocenters. The summed E-state index contributed by atoms with van der Waals surface area (Å²) >= 11 is 0. The predicted molar refractivity (Wildman–Crippen MR) is 78.1 cm³/mol. The minimum Gasteiger partial charge on any atom is -0.356 e. The summed E-state index contributed by atoms with van der Waals surface area (Å²) in [4.78, 5) is 0.284. The van der Waals surface area contributed by atoms with E-state index in [-0.39, 0.29) is 4.90 Å². The van der Waals surface area contributed by atoms with Gasteiger partial charge in [-0.05, 0) is 36.2 Å². The number of rotatable bonds is 3. The fourth-order valence-corrected chi connectivity index (χ4v) is 3.61. The molecule has 1 aromatic carbocycles. The second-order valence-corrected chi connectivity index (χ2v) is 6.67. The Morgan fingerprint density at radius 2 is 2.15 bits per heavy atom. The smallest absolute Gasteiger partial charge is 0.263 e. The molecule has 0 saturated carbocycles. The zero-order chi connectivity index (χ0) is 14.2. The SMILES string of the molecule is Cn1ccc(S(=O)(=O)Nc2cccc3c2CCNC3)c1. The van der Waals surface area contributed by atoms with Gasteiger partial charge in [0.15, 0.2) is 0 Å². The van der Waals surface area contributed by atoms with Gasteiger partial charge < -0.3 is 9.88 Å². The van der Waals surface area contributed by atoms with Crippen LogP contribution in [0.4, 0.5) is 5.69 Å². The molecule has 0 bridgehead atoms. The highest BCUT2D eigenvalue weighted by Crippen LogP contribution is 2.25. The Labute approximate surface area is 118 Å². The molecule has 0 saturated heterocycles. The molecule has 106 valence electrons. The van der Waals surface area contributed by atoms with E-state index in [1.54, 1.807) is 30.1 Å². The van der Waals surface area contributed by atoms with Gasteiger partial charge in [-0.3, -0.25) is 4.72 Å². The normalized spacial score (nSPS) is 14.8. The van der Waals surface area contributed by atoms with Crippen LogP contribution in [-0.4, -0.2) is 19.5 Å². The third kappa shape index (κ3) is 2.44. The van der Waals surface area contributed by atoms with Gasteiger partial charge in [0, 0.05) is 26.0 Å². The summed E-state index contributed by atoms with van der Waals surface area (Å²) < 4.78 is 29.1. The molecule has 1 aliphatic rings. The standard InChI is InChI=1S/C14H17N3O2S/c1-17-8-6-12(10-17)20(18,19)16-14-4-2-3-11-9-15-7-5-13(11)14/h2-4,6,8,10,15-16H,5,7,9H2,1H3. The molecule has 0 fully saturated rings. The number of nitrogens with zero attached hydrogens (tertiary/aromatic N) is 1. The van der Waals surface area contributed by atoms with E-state index in [4.69, 9.17) is 0 Å². The molecular formula is C14H17N3O2S. The fourth-order valence-electron chi connectivity index (χ4n) is 2.47. The summed E-state index contributed by atoms with van der Waals surface area (Å²) in [6.45, 7) is 1.66. The van der Waals surface area contributed by atoms with E-state index in [9.17, 15) is 8.42 Å². The first-order chi connectivity index (χ1) is 9.56. The van der Waals surface area contributed by atoms with E-state index in [0.717, 1.165) is 30.6 Å². The molecule has 0 amide bonds. The van der Waals surface area contributed by atoms with Crippen LogP contribution < -0.4 is 10.0 Å². The van der Waals surface area contributed by atoms with Gasteiger partial charge in [0.05, 0.1) is 5.69 Å². The Hall–Kier alpha value is -1.79. The van der Waals surface area contributed by atoms with E-state index in [1.807, 2.05) is 18.2 Å². The monoisotopic (exact) mass is 291 g/mol. The summed E-state index contributed by atoms with van der Waals surface area (Å²) in [5, 5.41) is 3.29. The van der Waals surface area contributed by atoms with Crippen LogP contribution in [0.3, 0.4) is 0 Å². The molecule has 0 unspecified atom stereocenters. The van der Waals surface area contributed by atoms with Crippen molar-refractivity contribution in [2.24, 2.45) is 7.05 Å². The lowest BCUT2D eigenvalue weighted by molar-refractivity contribution is 0.600. The van der Waals surface area contributed by atoms with Crippen LogP contribution in [0.1, 0.15) is 11.1 Å². The molecule has 2 heterocycles. The number of hydrogen-bond acceptors (Lipinski definition) is 3. The molecule has 3 rings (SSSR count). The van der Waals surface area contributed by atoms with Crippen LogP contribution >= 0.6 is 0 Å². The van der Waals surface area contributed by atoms with Crippen molar-refractivity contribution < 1.29 is 8.42 Å². The minimum atomic E-state index is -3.52. The van der Waals surface area contributed by atoms with Crippen LogP contribution in [-0.2, 0) is 30.0 Å². The zero-order valence-electron chi connectivity index (χ0n) is 11.3. The quantitative estimate of drug-likeness (QED) is 0.900. The predicted octanol–water partition coefficient (Wildman–Crippen LogP) is 1.47. The third-order valence-corrected chi connectivity index (χ3v) is 4.85. The summed E-state index contributed by atoms with van der Waals surface area (Å²) in [6, 6.07) is 7.33. The van der Waals surface area contributed by atoms with Crippen molar-refractivity contribution in [1.82, 2.24) is 9.88 Å². The second-order valence-electron chi connectivity index (χ2n) is 4.99. The molecule has 2 N–H and O–H groups in total. The van der Waals surface area contributed by atoms with Crippen molar-refractivity contribution >= 4 is 15.7 Å². The molecule has 0 aliphatic carbocycles. The van der Waals surface area contributed by atoms with E-state index in [1.165, 1.54) is 0 Å². The third-order valence-electron chi connectivity index (χ3n) is 3.50. The number of aryl methyl sites for hydroxylation is 1. The van der Waals surface area contributed by atoms with Gasteiger partial charge in [-0.2, -0.15) is 0 Å². The van der Waals surface area contributed by atoms with Crippen molar-refractivity contribution in [3.63, 3.8) is 0 Å².